The molecule has 2 aromatic heterocycles. The van der Waals surface area contributed by atoms with E-state index in [0.717, 1.165) is 11.3 Å². The highest BCUT2D eigenvalue weighted by molar-refractivity contribution is 5.90. The fourth-order valence-corrected chi connectivity index (χ4v) is 2.18. The van der Waals surface area contributed by atoms with Gasteiger partial charge in [-0.3, -0.25) is 4.98 Å². The second-order valence-electron chi connectivity index (χ2n) is 4.41. The maximum absolute atomic E-state index is 4.16. The summed E-state index contributed by atoms with van der Waals surface area (Å²) >= 11 is 0. The van der Waals surface area contributed by atoms with Gasteiger partial charge in [0.15, 0.2) is 0 Å². The van der Waals surface area contributed by atoms with Crippen molar-refractivity contribution in [1.82, 2.24) is 9.97 Å². The molecule has 2 nitrogen and oxygen atoms in total. The lowest BCUT2D eigenvalue weighted by molar-refractivity contribution is 1.31. The first-order chi connectivity index (χ1) is 8.25. The number of aromatic amines is 1. The van der Waals surface area contributed by atoms with E-state index < -0.39 is 0 Å². The average molecular weight is 222 g/mol. The summed E-state index contributed by atoms with van der Waals surface area (Å²) in [5.74, 6) is 0. The Morgan fingerprint density at radius 1 is 1.06 bits per heavy atom. The Morgan fingerprint density at radius 3 is 2.59 bits per heavy atom. The van der Waals surface area contributed by atoms with Gasteiger partial charge in [-0.05, 0) is 43.2 Å². The van der Waals surface area contributed by atoms with Crippen LogP contribution in [0.4, 0.5) is 0 Å². The molecule has 3 rings (SSSR count). The fourth-order valence-electron chi connectivity index (χ4n) is 2.18. The van der Waals surface area contributed by atoms with Crippen molar-refractivity contribution >= 4 is 10.9 Å². The Morgan fingerprint density at radius 2 is 1.88 bits per heavy atom. The van der Waals surface area contributed by atoms with Crippen LogP contribution in [-0.4, -0.2) is 9.97 Å². The molecule has 0 unspecified atom stereocenters. The molecule has 0 aliphatic carbocycles. The SMILES string of the molecule is Cc1ccc(C)c2[nH]c(-c3cccnc3)cc12. The van der Waals surface area contributed by atoms with E-state index in [1.54, 1.807) is 6.20 Å². The minimum atomic E-state index is 1.13. The molecule has 0 radical (unpaired) electrons. The molecule has 1 N–H and O–H groups in total. The van der Waals surface area contributed by atoms with Gasteiger partial charge < -0.3 is 4.98 Å². The summed E-state index contributed by atoms with van der Waals surface area (Å²) in [5.41, 5.74) is 6.06. The number of pyridine rings is 1. The van der Waals surface area contributed by atoms with Gasteiger partial charge in [0.2, 0.25) is 0 Å². The van der Waals surface area contributed by atoms with E-state index in [4.69, 9.17) is 0 Å². The zero-order valence-corrected chi connectivity index (χ0v) is 9.99. The van der Waals surface area contributed by atoms with Gasteiger partial charge in [0.1, 0.15) is 0 Å². The van der Waals surface area contributed by atoms with Gasteiger partial charge in [0.25, 0.3) is 0 Å². The van der Waals surface area contributed by atoms with Crippen LogP contribution in [0.3, 0.4) is 0 Å². The highest BCUT2D eigenvalue weighted by Crippen LogP contribution is 2.27. The van der Waals surface area contributed by atoms with Crippen LogP contribution in [0.15, 0.2) is 42.7 Å². The number of nitrogens with zero attached hydrogens (tertiary/aromatic N) is 1. The van der Waals surface area contributed by atoms with Crippen LogP contribution in [0, 0.1) is 13.8 Å². The molecule has 2 heteroatoms. The molecule has 0 atom stereocenters. The summed E-state index contributed by atoms with van der Waals surface area (Å²) in [4.78, 5) is 7.64. The third kappa shape index (κ3) is 1.62. The molecule has 0 bridgehead atoms. The lowest BCUT2D eigenvalue weighted by atomic mass is 10.1. The second kappa shape index (κ2) is 3.74. The first-order valence-electron chi connectivity index (χ1n) is 5.75. The molecule has 0 aliphatic heterocycles. The fraction of sp³-hybridized carbons (Fsp3) is 0.133. The number of benzene rings is 1. The van der Waals surface area contributed by atoms with Gasteiger partial charge in [0.05, 0.1) is 0 Å². The molecule has 3 aromatic rings. The quantitative estimate of drug-likeness (QED) is 0.665. The maximum Gasteiger partial charge on any atom is 0.0491 e. The molecule has 0 spiro atoms. The first kappa shape index (κ1) is 10.1. The summed E-state index contributed by atoms with van der Waals surface area (Å²) in [6, 6.07) is 10.6. The number of fused-ring (bicyclic) bond motifs is 1. The van der Waals surface area contributed by atoms with Crippen molar-refractivity contribution in [2.45, 2.75) is 13.8 Å². The van der Waals surface area contributed by atoms with Crippen molar-refractivity contribution in [3.8, 4) is 11.3 Å². The first-order valence-corrected chi connectivity index (χ1v) is 5.75. The van der Waals surface area contributed by atoms with E-state index in [9.17, 15) is 0 Å². The van der Waals surface area contributed by atoms with Crippen LogP contribution >= 0.6 is 0 Å². The number of H-pyrrole nitrogens is 1. The lowest BCUT2D eigenvalue weighted by Gasteiger charge is -1.98. The van der Waals surface area contributed by atoms with E-state index in [1.165, 1.54) is 22.0 Å². The normalized spacial score (nSPS) is 10.9. The molecule has 17 heavy (non-hydrogen) atoms. The van der Waals surface area contributed by atoms with Gasteiger partial charge in [0, 0.05) is 34.6 Å². The molecule has 0 fully saturated rings. The van der Waals surface area contributed by atoms with E-state index in [1.807, 2.05) is 12.3 Å². The van der Waals surface area contributed by atoms with E-state index in [2.05, 4.69) is 48.1 Å². The Labute approximate surface area is 100 Å². The largest absolute Gasteiger partial charge is 0.354 e. The Hall–Kier alpha value is -2.09. The topological polar surface area (TPSA) is 28.7 Å². The van der Waals surface area contributed by atoms with Gasteiger partial charge in [-0.1, -0.05) is 12.1 Å². The summed E-state index contributed by atoms with van der Waals surface area (Å²) in [6.07, 6.45) is 3.68. The molecule has 2 heterocycles. The van der Waals surface area contributed by atoms with Gasteiger partial charge >= 0.3 is 0 Å². The van der Waals surface area contributed by atoms with Crippen molar-refractivity contribution in [1.29, 1.82) is 0 Å². The molecule has 0 saturated carbocycles. The van der Waals surface area contributed by atoms with E-state index in [-0.39, 0.29) is 0 Å². The Balaban J connectivity index is 2.27. The smallest absolute Gasteiger partial charge is 0.0491 e. The minimum absolute atomic E-state index is 1.13. The summed E-state index contributed by atoms with van der Waals surface area (Å²) in [7, 11) is 0. The minimum Gasteiger partial charge on any atom is -0.354 e. The Kier molecular flexibility index (Phi) is 2.22. The number of nitrogens with one attached hydrogen (secondary N) is 1. The number of aryl methyl sites for hydroxylation is 2. The third-order valence-corrected chi connectivity index (χ3v) is 3.19. The third-order valence-electron chi connectivity index (χ3n) is 3.19. The van der Waals surface area contributed by atoms with Crippen LogP contribution in [0.1, 0.15) is 11.1 Å². The molecule has 0 aliphatic rings. The van der Waals surface area contributed by atoms with Crippen molar-refractivity contribution in [2.75, 3.05) is 0 Å². The molecule has 0 saturated heterocycles. The van der Waals surface area contributed by atoms with Crippen LogP contribution in [-0.2, 0) is 0 Å². The zero-order chi connectivity index (χ0) is 11.8. The Bertz CT molecular complexity index is 627. The number of hydrogen-bond acceptors (Lipinski definition) is 1. The highest BCUT2D eigenvalue weighted by atomic mass is 14.7. The van der Waals surface area contributed by atoms with Crippen LogP contribution in [0.2, 0.25) is 0 Å². The number of aromatic nitrogens is 2. The predicted octanol–water partition coefficient (Wildman–Crippen LogP) is 3.85. The lowest BCUT2D eigenvalue weighted by Crippen LogP contribution is -1.80. The zero-order valence-electron chi connectivity index (χ0n) is 9.99. The van der Waals surface area contributed by atoms with Gasteiger partial charge in [-0.2, -0.15) is 0 Å². The van der Waals surface area contributed by atoms with Crippen LogP contribution in [0.25, 0.3) is 22.2 Å². The molecule has 1 aromatic carbocycles. The highest BCUT2D eigenvalue weighted by Gasteiger charge is 2.06. The molecule has 0 amide bonds. The average Bonchev–Trinajstić information content (AvgIpc) is 2.81. The summed E-state index contributed by atoms with van der Waals surface area (Å²) in [5, 5.41) is 1.30. The van der Waals surface area contributed by atoms with E-state index in [0.29, 0.717) is 0 Å². The molecular formula is C15H14N2. The summed E-state index contributed by atoms with van der Waals surface area (Å²) < 4.78 is 0. The maximum atomic E-state index is 4.16. The van der Waals surface area contributed by atoms with Gasteiger partial charge in [-0.15, -0.1) is 0 Å². The monoisotopic (exact) mass is 222 g/mol. The predicted molar refractivity (Wildman–Crippen MR) is 71.0 cm³/mol. The van der Waals surface area contributed by atoms with Crippen LogP contribution < -0.4 is 0 Å². The summed E-state index contributed by atoms with van der Waals surface area (Å²) in [6.45, 7) is 4.27. The van der Waals surface area contributed by atoms with Crippen molar-refractivity contribution in [3.63, 3.8) is 0 Å². The van der Waals surface area contributed by atoms with Crippen molar-refractivity contribution in [3.05, 3.63) is 53.9 Å². The van der Waals surface area contributed by atoms with Crippen molar-refractivity contribution in [2.24, 2.45) is 0 Å². The van der Waals surface area contributed by atoms with Crippen molar-refractivity contribution < 1.29 is 0 Å². The van der Waals surface area contributed by atoms with E-state index >= 15 is 0 Å². The molecule has 84 valence electrons. The second-order valence-corrected chi connectivity index (χ2v) is 4.41. The number of hydrogen-bond donors (Lipinski definition) is 1. The number of rotatable bonds is 1. The van der Waals surface area contributed by atoms with Crippen LogP contribution in [0.5, 0.6) is 0 Å². The molecular weight excluding hydrogens is 208 g/mol. The standard InChI is InChI=1S/C15H14N2/c1-10-5-6-11(2)15-13(10)8-14(17-15)12-4-3-7-16-9-12/h3-9,17H,1-2H3. The van der Waals surface area contributed by atoms with Gasteiger partial charge in [-0.25, -0.2) is 0 Å².